The summed E-state index contributed by atoms with van der Waals surface area (Å²) in [5.74, 6) is -0.423. The number of rotatable bonds is 2. The van der Waals surface area contributed by atoms with Gasteiger partial charge in [-0.25, -0.2) is 9.38 Å². The Hall–Kier alpha value is -3.48. The zero-order valence-corrected chi connectivity index (χ0v) is 13.3. The largest absolute Gasteiger partial charge is 0.366 e. The van der Waals surface area contributed by atoms with Crippen molar-refractivity contribution >= 4 is 28.8 Å². The monoisotopic (exact) mass is 335 g/mol. The van der Waals surface area contributed by atoms with E-state index >= 15 is 0 Å². The Bertz CT molecular complexity index is 1040. The van der Waals surface area contributed by atoms with Crippen molar-refractivity contribution in [2.24, 2.45) is 10.7 Å². The molecule has 7 heteroatoms. The van der Waals surface area contributed by atoms with Crippen molar-refractivity contribution in [1.82, 2.24) is 10.2 Å². The molecule has 4 N–H and O–H groups in total. The van der Waals surface area contributed by atoms with Crippen molar-refractivity contribution in [3.05, 3.63) is 70.7 Å². The third-order valence-corrected chi connectivity index (χ3v) is 4.08. The topological polar surface area (TPSA) is 96.2 Å². The van der Waals surface area contributed by atoms with Crippen LogP contribution < -0.4 is 11.1 Å². The normalized spacial score (nSPS) is 12.5. The van der Waals surface area contributed by atoms with E-state index in [1.807, 2.05) is 6.92 Å². The molecule has 1 amide bonds. The lowest BCUT2D eigenvalue weighted by molar-refractivity contribution is 0.100. The van der Waals surface area contributed by atoms with Gasteiger partial charge in [-0.1, -0.05) is 12.1 Å². The summed E-state index contributed by atoms with van der Waals surface area (Å²) in [6, 6.07) is 11.3. The number of aliphatic imine (C=N–C) groups is 1. The van der Waals surface area contributed by atoms with E-state index < -0.39 is 11.7 Å². The number of nitrogens with zero attached hydrogens (tertiary/aromatic N) is 2. The van der Waals surface area contributed by atoms with Crippen molar-refractivity contribution in [3.63, 3.8) is 0 Å². The molecule has 0 fully saturated rings. The van der Waals surface area contributed by atoms with Crippen LogP contribution in [0.4, 0.5) is 21.6 Å². The third kappa shape index (κ3) is 2.46. The molecular weight excluding hydrogens is 321 g/mol. The van der Waals surface area contributed by atoms with E-state index in [9.17, 15) is 9.18 Å². The van der Waals surface area contributed by atoms with Gasteiger partial charge >= 0.3 is 0 Å². The van der Waals surface area contributed by atoms with Crippen molar-refractivity contribution in [2.45, 2.75) is 6.92 Å². The summed E-state index contributed by atoms with van der Waals surface area (Å²) in [5, 5.41) is 10.2. The summed E-state index contributed by atoms with van der Waals surface area (Å²) in [6.45, 7) is 1.83. The molecule has 0 saturated carbocycles. The molecular formula is C18H14FN5O. The summed E-state index contributed by atoms with van der Waals surface area (Å²) in [4.78, 5) is 16.2. The molecule has 0 bridgehead atoms. The molecule has 4 rings (SSSR count). The summed E-state index contributed by atoms with van der Waals surface area (Å²) in [6.07, 6.45) is 0. The maximum absolute atomic E-state index is 14.4. The molecule has 1 aliphatic heterocycles. The van der Waals surface area contributed by atoms with E-state index in [4.69, 9.17) is 5.73 Å². The number of aromatic nitrogens is 2. The quantitative estimate of drug-likeness (QED) is 0.525. The van der Waals surface area contributed by atoms with Crippen LogP contribution >= 0.6 is 0 Å². The van der Waals surface area contributed by atoms with Gasteiger partial charge in [0.2, 0.25) is 5.91 Å². The predicted octanol–water partition coefficient (Wildman–Crippen LogP) is 3.18. The number of fused-ring (bicyclic) bond motifs is 2. The molecule has 25 heavy (non-hydrogen) atoms. The summed E-state index contributed by atoms with van der Waals surface area (Å²) < 4.78 is 14.4. The Morgan fingerprint density at radius 1 is 1.16 bits per heavy atom. The molecule has 2 aromatic carbocycles. The number of nitrogens with one attached hydrogen (secondary N) is 2. The fourth-order valence-corrected chi connectivity index (χ4v) is 2.81. The smallest absolute Gasteiger partial charge is 0.248 e. The lowest BCUT2D eigenvalue weighted by Gasteiger charge is -2.12. The third-order valence-electron chi connectivity index (χ3n) is 4.08. The van der Waals surface area contributed by atoms with Crippen molar-refractivity contribution in [2.75, 3.05) is 5.32 Å². The molecule has 0 aliphatic carbocycles. The molecule has 0 radical (unpaired) electrons. The molecule has 1 aliphatic rings. The number of H-pyrrole nitrogens is 1. The van der Waals surface area contributed by atoms with Crippen molar-refractivity contribution in [3.8, 4) is 0 Å². The van der Waals surface area contributed by atoms with Crippen LogP contribution in [0.1, 0.15) is 27.2 Å². The number of hydrogen-bond donors (Lipinski definition) is 3. The number of aromatic amines is 1. The van der Waals surface area contributed by atoms with E-state index in [0.717, 1.165) is 5.69 Å². The minimum atomic E-state index is -0.561. The zero-order chi connectivity index (χ0) is 17.6. The van der Waals surface area contributed by atoms with E-state index in [1.165, 1.54) is 6.07 Å². The van der Waals surface area contributed by atoms with Crippen LogP contribution in [-0.4, -0.2) is 21.8 Å². The first-order valence-electron chi connectivity index (χ1n) is 7.64. The number of carbonyl (C=O) groups is 1. The van der Waals surface area contributed by atoms with Gasteiger partial charge in [0.15, 0.2) is 5.82 Å². The highest BCUT2D eigenvalue weighted by molar-refractivity contribution is 6.19. The zero-order valence-electron chi connectivity index (χ0n) is 13.3. The van der Waals surface area contributed by atoms with Crippen LogP contribution in [0.15, 0.2) is 47.5 Å². The summed E-state index contributed by atoms with van der Waals surface area (Å²) in [7, 11) is 0. The second-order valence-electron chi connectivity index (χ2n) is 5.74. The van der Waals surface area contributed by atoms with Gasteiger partial charge in [-0.15, -0.1) is 0 Å². The number of halogens is 1. The lowest BCUT2D eigenvalue weighted by atomic mass is 9.98. The molecule has 2 heterocycles. The highest BCUT2D eigenvalue weighted by Crippen LogP contribution is 2.36. The molecule has 0 atom stereocenters. The Kier molecular flexibility index (Phi) is 3.35. The number of anilines is 2. The fraction of sp³-hybridized carbons (Fsp3) is 0.0556. The number of aryl methyl sites for hydroxylation is 1. The van der Waals surface area contributed by atoms with Gasteiger partial charge in [-0.2, -0.15) is 5.10 Å². The number of primary amides is 1. The average Bonchev–Trinajstić information content (AvgIpc) is 2.85. The second kappa shape index (κ2) is 5.55. The molecule has 6 nitrogen and oxygen atoms in total. The van der Waals surface area contributed by atoms with Gasteiger partial charge in [-0.3, -0.25) is 9.89 Å². The van der Waals surface area contributed by atoms with Crippen LogP contribution in [0.5, 0.6) is 0 Å². The first-order valence-corrected chi connectivity index (χ1v) is 7.64. The van der Waals surface area contributed by atoms with Gasteiger partial charge in [0.25, 0.3) is 0 Å². The minimum Gasteiger partial charge on any atom is -0.366 e. The van der Waals surface area contributed by atoms with Crippen LogP contribution in [0, 0.1) is 12.7 Å². The number of amides is 1. The van der Waals surface area contributed by atoms with Crippen LogP contribution in [0.3, 0.4) is 0 Å². The van der Waals surface area contributed by atoms with Gasteiger partial charge in [0, 0.05) is 22.4 Å². The van der Waals surface area contributed by atoms with E-state index in [1.54, 1.807) is 36.4 Å². The highest BCUT2D eigenvalue weighted by Gasteiger charge is 2.23. The molecule has 0 saturated heterocycles. The minimum absolute atomic E-state index is 0.322. The van der Waals surface area contributed by atoms with Crippen LogP contribution in [0.25, 0.3) is 0 Å². The summed E-state index contributed by atoms with van der Waals surface area (Å²) in [5.41, 5.74) is 9.05. The Morgan fingerprint density at radius 2 is 1.96 bits per heavy atom. The van der Waals surface area contributed by atoms with Gasteiger partial charge in [0.1, 0.15) is 11.5 Å². The molecule has 124 valence electrons. The van der Waals surface area contributed by atoms with Gasteiger partial charge in [0.05, 0.1) is 11.4 Å². The molecule has 1 aromatic heterocycles. The number of benzene rings is 2. The first kappa shape index (κ1) is 15.1. The highest BCUT2D eigenvalue weighted by atomic mass is 19.1. The van der Waals surface area contributed by atoms with E-state index in [2.05, 4.69) is 20.5 Å². The maximum atomic E-state index is 14.4. The number of hydrogen-bond acceptors (Lipinski definition) is 4. The Balaban J connectivity index is 2.04. The molecule has 0 unspecified atom stereocenters. The van der Waals surface area contributed by atoms with Crippen LogP contribution in [0.2, 0.25) is 0 Å². The maximum Gasteiger partial charge on any atom is 0.248 e. The molecule has 0 spiro atoms. The SMILES string of the molecule is Cc1[nH]nc2c1N=C(c1ccccc1F)c1cc(C(N)=O)ccc1N2. The summed E-state index contributed by atoms with van der Waals surface area (Å²) >= 11 is 0. The van der Waals surface area contributed by atoms with E-state index in [-0.39, 0.29) is 0 Å². The fourth-order valence-electron chi connectivity index (χ4n) is 2.81. The van der Waals surface area contributed by atoms with Crippen molar-refractivity contribution < 1.29 is 9.18 Å². The first-order chi connectivity index (χ1) is 12.0. The second-order valence-corrected chi connectivity index (χ2v) is 5.74. The van der Waals surface area contributed by atoms with E-state index in [0.29, 0.717) is 39.6 Å². The Labute approximate surface area is 142 Å². The van der Waals surface area contributed by atoms with Crippen LogP contribution in [-0.2, 0) is 0 Å². The lowest BCUT2D eigenvalue weighted by Crippen LogP contribution is -2.14. The average molecular weight is 335 g/mol. The predicted molar refractivity (Wildman–Crippen MR) is 93.3 cm³/mol. The standard InChI is InChI=1S/C18H14FN5O/c1-9-15-18(24-23-9)21-14-7-6-10(17(20)25)8-12(14)16(22-15)11-4-2-3-5-13(11)19/h2-8H,1H3,(H2,20,25)(H2,21,23,24). The van der Waals surface area contributed by atoms with Gasteiger partial charge in [-0.05, 0) is 37.3 Å². The number of nitrogens with two attached hydrogens (primary N) is 1. The number of carbonyl (C=O) groups excluding carboxylic acids is 1. The van der Waals surface area contributed by atoms with Gasteiger partial charge < -0.3 is 11.1 Å². The van der Waals surface area contributed by atoms with Crippen molar-refractivity contribution in [1.29, 1.82) is 0 Å². The Morgan fingerprint density at radius 3 is 2.72 bits per heavy atom. The molecule has 3 aromatic rings.